The highest BCUT2D eigenvalue weighted by molar-refractivity contribution is 7.11. The molecule has 0 bridgehead atoms. The number of thiazole rings is 1. The monoisotopic (exact) mass is 282 g/mol. The molecule has 19 heavy (non-hydrogen) atoms. The lowest BCUT2D eigenvalue weighted by atomic mass is 10.2. The van der Waals surface area contributed by atoms with Crippen LogP contribution >= 0.6 is 11.3 Å². The highest BCUT2D eigenvalue weighted by atomic mass is 32.1. The van der Waals surface area contributed by atoms with Gasteiger partial charge in [0.25, 0.3) is 0 Å². The number of rotatable bonds is 5. The molecule has 0 amide bonds. The molecule has 1 heterocycles. The van der Waals surface area contributed by atoms with Crippen molar-refractivity contribution in [1.29, 1.82) is 0 Å². The molecule has 0 spiro atoms. The normalized spacial score (nSPS) is 12.6. The number of hydrogen-bond acceptors (Lipinski definition) is 3. The van der Waals surface area contributed by atoms with Crippen LogP contribution in [0.2, 0.25) is 0 Å². The largest absolute Gasteiger partial charge is 0.304 e. The molecule has 0 aliphatic heterocycles. The Kier molecular flexibility index (Phi) is 4.61. The highest BCUT2D eigenvalue weighted by Gasteiger charge is 2.10. The molecule has 5 heteroatoms. The van der Waals surface area contributed by atoms with Crippen LogP contribution in [-0.4, -0.2) is 4.98 Å². The Balaban J connectivity index is 1.95. The fourth-order valence-electron chi connectivity index (χ4n) is 1.69. The van der Waals surface area contributed by atoms with E-state index in [-0.39, 0.29) is 6.04 Å². The Morgan fingerprint density at radius 2 is 2.11 bits per heavy atom. The second-order valence-corrected chi connectivity index (χ2v) is 5.52. The van der Waals surface area contributed by atoms with Gasteiger partial charge in [-0.15, -0.1) is 11.3 Å². The van der Waals surface area contributed by atoms with E-state index < -0.39 is 11.6 Å². The summed E-state index contributed by atoms with van der Waals surface area (Å²) in [6.07, 6.45) is 2.86. The molecule has 2 aromatic rings. The highest BCUT2D eigenvalue weighted by Crippen LogP contribution is 2.20. The number of halogens is 2. The van der Waals surface area contributed by atoms with E-state index in [4.69, 9.17) is 0 Å². The summed E-state index contributed by atoms with van der Waals surface area (Å²) in [4.78, 5) is 5.60. The lowest BCUT2D eigenvalue weighted by molar-refractivity contribution is 0.503. The van der Waals surface area contributed by atoms with Gasteiger partial charge in [-0.2, -0.15) is 0 Å². The second kappa shape index (κ2) is 6.21. The Morgan fingerprint density at radius 3 is 2.74 bits per heavy atom. The molecular formula is C14H16F2N2S. The van der Waals surface area contributed by atoms with E-state index in [9.17, 15) is 8.78 Å². The van der Waals surface area contributed by atoms with E-state index in [2.05, 4.69) is 17.2 Å². The number of nitrogens with zero attached hydrogens (tertiary/aromatic N) is 1. The van der Waals surface area contributed by atoms with Gasteiger partial charge in [-0.05, 0) is 31.0 Å². The van der Waals surface area contributed by atoms with Gasteiger partial charge in [0.05, 0.1) is 6.04 Å². The van der Waals surface area contributed by atoms with E-state index in [1.807, 2.05) is 13.1 Å². The zero-order chi connectivity index (χ0) is 13.8. The molecule has 102 valence electrons. The van der Waals surface area contributed by atoms with Crippen LogP contribution in [-0.2, 0) is 13.0 Å². The zero-order valence-electron chi connectivity index (χ0n) is 10.9. The molecule has 0 fully saturated rings. The molecule has 2 nitrogen and oxygen atoms in total. The molecular weight excluding hydrogens is 266 g/mol. The maximum atomic E-state index is 13.1. The molecule has 0 saturated carbocycles. The van der Waals surface area contributed by atoms with Crippen molar-refractivity contribution in [1.82, 2.24) is 10.3 Å². The van der Waals surface area contributed by atoms with Crippen molar-refractivity contribution in [2.75, 3.05) is 0 Å². The topological polar surface area (TPSA) is 24.9 Å². The maximum Gasteiger partial charge on any atom is 0.159 e. The number of aromatic nitrogens is 1. The maximum absolute atomic E-state index is 13.1. The average Bonchev–Trinajstić information content (AvgIpc) is 2.88. The standard InChI is InChI=1S/C14H16F2N2S/c1-3-11-8-18-14(19-11)9(2)17-7-10-4-5-12(15)13(16)6-10/h4-6,8-9,17H,3,7H2,1-2H3. The Hall–Kier alpha value is -1.33. The summed E-state index contributed by atoms with van der Waals surface area (Å²) in [5, 5.41) is 4.27. The molecule has 0 aliphatic carbocycles. The number of hydrogen-bond donors (Lipinski definition) is 1. The summed E-state index contributed by atoms with van der Waals surface area (Å²) in [5.74, 6) is -1.63. The van der Waals surface area contributed by atoms with Crippen LogP contribution < -0.4 is 5.32 Å². The number of aryl methyl sites for hydroxylation is 1. The van der Waals surface area contributed by atoms with E-state index in [0.29, 0.717) is 6.54 Å². The van der Waals surface area contributed by atoms with Crippen molar-refractivity contribution in [3.63, 3.8) is 0 Å². The Bertz CT molecular complexity index is 554. The van der Waals surface area contributed by atoms with Gasteiger partial charge < -0.3 is 5.32 Å². The summed E-state index contributed by atoms with van der Waals surface area (Å²) < 4.78 is 25.9. The summed E-state index contributed by atoms with van der Waals surface area (Å²) in [6.45, 7) is 4.59. The molecule has 1 atom stereocenters. The fourth-order valence-corrected chi connectivity index (χ4v) is 2.58. The zero-order valence-corrected chi connectivity index (χ0v) is 11.7. The van der Waals surface area contributed by atoms with Gasteiger partial charge in [0.1, 0.15) is 5.01 Å². The smallest absolute Gasteiger partial charge is 0.159 e. The SMILES string of the molecule is CCc1cnc(C(C)NCc2ccc(F)c(F)c2)s1. The minimum atomic E-state index is -0.815. The minimum absolute atomic E-state index is 0.0958. The first-order valence-electron chi connectivity index (χ1n) is 6.22. The quantitative estimate of drug-likeness (QED) is 0.901. The molecule has 1 aromatic heterocycles. The van der Waals surface area contributed by atoms with Crippen LogP contribution in [0.25, 0.3) is 0 Å². The minimum Gasteiger partial charge on any atom is -0.304 e. The van der Waals surface area contributed by atoms with Crippen molar-refractivity contribution in [3.05, 3.63) is 51.5 Å². The van der Waals surface area contributed by atoms with Gasteiger partial charge in [-0.1, -0.05) is 13.0 Å². The third kappa shape index (κ3) is 3.58. The molecule has 0 radical (unpaired) electrons. The van der Waals surface area contributed by atoms with Gasteiger partial charge >= 0.3 is 0 Å². The first kappa shape index (κ1) is 14.1. The Morgan fingerprint density at radius 1 is 1.32 bits per heavy atom. The van der Waals surface area contributed by atoms with Crippen molar-refractivity contribution in [2.24, 2.45) is 0 Å². The van der Waals surface area contributed by atoms with Gasteiger partial charge in [0.15, 0.2) is 11.6 Å². The molecule has 2 rings (SSSR count). The van der Waals surface area contributed by atoms with Crippen LogP contribution in [0.1, 0.15) is 35.3 Å². The van der Waals surface area contributed by atoms with E-state index in [1.54, 1.807) is 17.4 Å². The summed E-state index contributed by atoms with van der Waals surface area (Å²) in [7, 11) is 0. The van der Waals surface area contributed by atoms with Gasteiger partial charge in [0.2, 0.25) is 0 Å². The number of nitrogens with one attached hydrogen (secondary N) is 1. The van der Waals surface area contributed by atoms with Gasteiger partial charge in [0, 0.05) is 17.6 Å². The van der Waals surface area contributed by atoms with Crippen LogP contribution in [0.15, 0.2) is 24.4 Å². The van der Waals surface area contributed by atoms with Crippen molar-refractivity contribution < 1.29 is 8.78 Å². The van der Waals surface area contributed by atoms with Crippen molar-refractivity contribution in [2.45, 2.75) is 32.9 Å². The molecule has 1 unspecified atom stereocenters. The van der Waals surface area contributed by atoms with E-state index in [1.165, 1.54) is 10.9 Å². The Labute approximate surface area is 115 Å². The van der Waals surface area contributed by atoms with Gasteiger partial charge in [-0.25, -0.2) is 13.8 Å². The average molecular weight is 282 g/mol. The van der Waals surface area contributed by atoms with Crippen LogP contribution in [0.4, 0.5) is 8.78 Å². The first-order chi connectivity index (χ1) is 9.10. The lowest BCUT2D eigenvalue weighted by Crippen LogP contribution is -2.18. The molecule has 0 aliphatic rings. The molecule has 1 N–H and O–H groups in total. The predicted molar refractivity (Wildman–Crippen MR) is 73.1 cm³/mol. The van der Waals surface area contributed by atoms with E-state index in [0.717, 1.165) is 23.1 Å². The summed E-state index contributed by atoms with van der Waals surface area (Å²) >= 11 is 1.67. The second-order valence-electron chi connectivity index (χ2n) is 4.37. The third-order valence-electron chi connectivity index (χ3n) is 2.89. The summed E-state index contributed by atoms with van der Waals surface area (Å²) in [6, 6.07) is 4.04. The first-order valence-corrected chi connectivity index (χ1v) is 7.03. The van der Waals surface area contributed by atoms with Crippen molar-refractivity contribution >= 4 is 11.3 Å². The van der Waals surface area contributed by atoms with Crippen molar-refractivity contribution in [3.8, 4) is 0 Å². The molecule has 1 aromatic carbocycles. The summed E-state index contributed by atoms with van der Waals surface area (Å²) in [5.41, 5.74) is 0.720. The van der Waals surface area contributed by atoms with Crippen LogP contribution in [0.5, 0.6) is 0 Å². The van der Waals surface area contributed by atoms with Gasteiger partial charge in [-0.3, -0.25) is 0 Å². The lowest BCUT2D eigenvalue weighted by Gasteiger charge is -2.11. The van der Waals surface area contributed by atoms with Crippen LogP contribution in [0, 0.1) is 11.6 Å². The van der Waals surface area contributed by atoms with Crippen LogP contribution in [0.3, 0.4) is 0 Å². The molecule has 0 saturated heterocycles. The third-order valence-corrected chi connectivity index (χ3v) is 4.21. The fraction of sp³-hybridized carbons (Fsp3) is 0.357. The number of benzene rings is 1. The van der Waals surface area contributed by atoms with E-state index >= 15 is 0 Å². The predicted octanol–water partition coefficient (Wildman–Crippen LogP) is 3.83.